The van der Waals surface area contributed by atoms with Crippen molar-refractivity contribution in [3.05, 3.63) is 44.8 Å². The van der Waals surface area contributed by atoms with Gasteiger partial charge in [0.15, 0.2) is 0 Å². The molecule has 0 aliphatic rings. The minimum Gasteiger partial charge on any atom is -0.324 e. The summed E-state index contributed by atoms with van der Waals surface area (Å²) < 4.78 is 0. The van der Waals surface area contributed by atoms with Crippen molar-refractivity contribution >= 4 is 29.1 Å². The van der Waals surface area contributed by atoms with Crippen LogP contribution in [0.15, 0.2) is 35.0 Å². The van der Waals surface area contributed by atoms with Crippen molar-refractivity contribution in [1.29, 1.82) is 0 Å². The highest BCUT2D eigenvalue weighted by atomic mass is 32.1. The largest absolute Gasteiger partial charge is 0.324 e. The summed E-state index contributed by atoms with van der Waals surface area (Å²) in [6, 6.07) is 8.05. The molecular weight excluding hydrogens is 226 g/mol. The molecule has 15 heavy (non-hydrogen) atoms. The van der Waals surface area contributed by atoms with Gasteiger partial charge in [0.25, 0.3) is 0 Å². The van der Waals surface area contributed by atoms with Crippen molar-refractivity contribution in [2.24, 2.45) is 0 Å². The third-order valence-corrected chi connectivity index (χ3v) is 3.70. The van der Waals surface area contributed by atoms with Gasteiger partial charge in [0.1, 0.15) is 0 Å². The average Bonchev–Trinajstić information content (AvgIpc) is 2.89. The van der Waals surface area contributed by atoms with Crippen LogP contribution in [0.2, 0.25) is 0 Å². The molecule has 2 heterocycles. The number of hydrogen-bond donors (Lipinski definition) is 0. The van der Waals surface area contributed by atoms with Crippen LogP contribution in [0.5, 0.6) is 0 Å². The summed E-state index contributed by atoms with van der Waals surface area (Å²) in [7, 11) is 0. The van der Waals surface area contributed by atoms with Gasteiger partial charge in [-0.25, -0.2) is 0 Å². The summed E-state index contributed by atoms with van der Waals surface area (Å²) in [6.07, 6.45) is 1.98. The number of rotatable bonds is 5. The van der Waals surface area contributed by atoms with Gasteiger partial charge in [-0.15, -0.1) is 22.7 Å². The quantitative estimate of drug-likeness (QED) is 0.731. The Morgan fingerprint density at radius 2 is 1.60 bits per heavy atom. The second-order valence-electron chi connectivity index (χ2n) is 3.11. The highest BCUT2D eigenvalue weighted by molar-refractivity contribution is 7.10. The van der Waals surface area contributed by atoms with Crippen LogP contribution in [0.25, 0.3) is 0 Å². The first-order valence-electron chi connectivity index (χ1n) is 4.56. The number of hydrogen-bond acceptors (Lipinski definition) is 3. The Balaban J connectivity index is 1.96. The molecule has 2 rings (SSSR count). The van der Waals surface area contributed by atoms with Crippen molar-refractivity contribution in [1.82, 2.24) is 4.90 Å². The van der Waals surface area contributed by atoms with Crippen molar-refractivity contribution < 1.29 is 4.79 Å². The van der Waals surface area contributed by atoms with Crippen LogP contribution in [0, 0.1) is 0 Å². The van der Waals surface area contributed by atoms with Gasteiger partial charge in [-0.3, -0.25) is 4.79 Å². The van der Waals surface area contributed by atoms with Crippen molar-refractivity contribution in [3.8, 4) is 0 Å². The van der Waals surface area contributed by atoms with Gasteiger partial charge in [-0.1, -0.05) is 12.1 Å². The predicted octanol–water partition coefficient (Wildman–Crippen LogP) is 2.88. The van der Waals surface area contributed by atoms with E-state index in [1.165, 1.54) is 9.75 Å². The van der Waals surface area contributed by atoms with Gasteiger partial charge in [0, 0.05) is 9.75 Å². The lowest BCUT2D eigenvalue weighted by atomic mass is 10.4. The average molecular weight is 236 g/mol. The van der Waals surface area contributed by atoms with E-state index in [2.05, 4.69) is 0 Å². The van der Waals surface area contributed by atoms with E-state index in [1.54, 1.807) is 27.6 Å². The molecule has 2 nitrogen and oxygen atoms in total. The molecule has 0 aliphatic heterocycles. The molecule has 77 valence electrons. The van der Waals surface area contributed by atoms with E-state index in [0.29, 0.717) is 13.1 Å². The van der Waals surface area contributed by atoms with Crippen LogP contribution in [-0.2, 0) is 17.9 Å². The van der Waals surface area contributed by atoms with E-state index >= 15 is 0 Å². The van der Waals surface area contributed by atoms with Gasteiger partial charge in [0.2, 0.25) is 0 Å². The predicted molar refractivity (Wildman–Crippen MR) is 63.6 cm³/mol. The Kier molecular flexibility index (Phi) is 3.53. The molecule has 0 N–H and O–H groups in total. The summed E-state index contributed by atoms with van der Waals surface area (Å²) in [4.78, 5) is 14.8. The smallest absolute Gasteiger partial charge is 0.312 e. The summed E-state index contributed by atoms with van der Waals surface area (Å²) in [5.41, 5.74) is 0. The monoisotopic (exact) mass is 236 g/mol. The minimum atomic E-state index is 0.652. The number of amides is 1. The molecular formula is C11H10NOS2. The first kappa shape index (κ1) is 10.4. The van der Waals surface area contributed by atoms with Crippen LogP contribution < -0.4 is 0 Å². The van der Waals surface area contributed by atoms with Crippen molar-refractivity contribution in [2.45, 2.75) is 13.1 Å². The molecule has 0 saturated heterocycles. The molecule has 2 aromatic heterocycles. The molecule has 0 atom stereocenters. The van der Waals surface area contributed by atoms with Crippen LogP contribution in [0.4, 0.5) is 0 Å². The first-order chi connectivity index (χ1) is 7.38. The normalized spacial score (nSPS) is 10.1. The van der Waals surface area contributed by atoms with Gasteiger partial charge in [-0.2, -0.15) is 0 Å². The van der Waals surface area contributed by atoms with E-state index in [1.807, 2.05) is 41.4 Å². The molecule has 0 aromatic carbocycles. The highest BCUT2D eigenvalue weighted by Crippen LogP contribution is 2.15. The summed E-state index contributed by atoms with van der Waals surface area (Å²) >= 11 is 3.32. The van der Waals surface area contributed by atoms with Crippen molar-refractivity contribution in [3.63, 3.8) is 0 Å². The topological polar surface area (TPSA) is 20.3 Å². The molecule has 4 heteroatoms. The molecule has 1 radical (unpaired) electrons. The van der Waals surface area contributed by atoms with Gasteiger partial charge < -0.3 is 4.90 Å². The second kappa shape index (κ2) is 5.09. The third kappa shape index (κ3) is 2.91. The first-order valence-corrected chi connectivity index (χ1v) is 6.32. The van der Waals surface area contributed by atoms with Crippen molar-refractivity contribution in [2.75, 3.05) is 0 Å². The molecule has 0 bridgehead atoms. The maximum atomic E-state index is 10.8. The van der Waals surface area contributed by atoms with E-state index < -0.39 is 0 Å². The highest BCUT2D eigenvalue weighted by Gasteiger charge is 2.06. The summed E-state index contributed by atoms with van der Waals surface area (Å²) in [5.74, 6) is 0. The van der Waals surface area contributed by atoms with E-state index in [0.717, 1.165) is 0 Å². The van der Waals surface area contributed by atoms with Gasteiger partial charge in [-0.05, 0) is 22.9 Å². The number of carbonyl (C=O) groups excluding carboxylic acids is 1. The molecule has 0 fully saturated rings. The molecule has 0 saturated carbocycles. The van der Waals surface area contributed by atoms with Gasteiger partial charge >= 0.3 is 6.41 Å². The summed E-state index contributed by atoms with van der Waals surface area (Å²) in [5, 5.41) is 4.03. The molecule has 1 amide bonds. The lowest BCUT2D eigenvalue weighted by Gasteiger charge is -2.13. The minimum absolute atomic E-state index is 0.652. The molecule has 0 spiro atoms. The zero-order chi connectivity index (χ0) is 10.5. The molecule has 2 aromatic rings. The molecule has 0 unspecified atom stereocenters. The van der Waals surface area contributed by atoms with Crippen LogP contribution in [0.1, 0.15) is 9.75 Å². The Hall–Kier alpha value is -1.13. The third-order valence-electron chi connectivity index (χ3n) is 1.98. The van der Waals surface area contributed by atoms with E-state index in [4.69, 9.17) is 0 Å². The number of nitrogens with zero attached hydrogens (tertiary/aromatic N) is 1. The Bertz CT molecular complexity index is 358. The lowest BCUT2D eigenvalue weighted by Crippen LogP contribution is -2.19. The van der Waals surface area contributed by atoms with Crippen LogP contribution in [0.3, 0.4) is 0 Å². The summed E-state index contributed by atoms with van der Waals surface area (Å²) in [6.45, 7) is 1.30. The number of thiophene rings is 2. The second-order valence-corrected chi connectivity index (χ2v) is 5.17. The fourth-order valence-electron chi connectivity index (χ4n) is 1.30. The Morgan fingerprint density at radius 3 is 1.93 bits per heavy atom. The molecule has 0 aliphatic carbocycles. The fraction of sp³-hybridized carbons (Fsp3) is 0.182. The van der Waals surface area contributed by atoms with E-state index in [9.17, 15) is 4.79 Å². The zero-order valence-corrected chi connectivity index (χ0v) is 9.68. The van der Waals surface area contributed by atoms with Gasteiger partial charge in [0.05, 0.1) is 13.1 Å². The fourth-order valence-corrected chi connectivity index (χ4v) is 2.74. The SMILES string of the molecule is O=[C]N(Cc1cccs1)Cc1cccs1. The Labute approximate surface area is 96.8 Å². The Morgan fingerprint density at radius 1 is 1.07 bits per heavy atom. The van der Waals surface area contributed by atoms with E-state index in [-0.39, 0.29) is 0 Å². The zero-order valence-electron chi connectivity index (χ0n) is 8.05. The van der Waals surface area contributed by atoms with Crippen LogP contribution >= 0.6 is 22.7 Å². The standard InChI is InChI=1S/C11H10NOS2/c13-9-12(7-10-3-1-5-14-10)8-11-4-2-6-15-11/h1-6H,7-8H2. The van der Waals surface area contributed by atoms with Crippen LogP contribution in [-0.4, -0.2) is 11.3 Å². The lowest BCUT2D eigenvalue weighted by molar-refractivity contribution is 0.373. The maximum Gasteiger partial charge on any atom is 0.312 e. The maximum absolute atomic E-state index is 10.8.